The molecule has 2 aliphatic rings. The minimum Gasteiger partial charge on any atom is -0.334 e. The van der Waals surface area contributed by atoms with Crippen LogP contribution < -0.4 is 0 Å². The lowest BCUT2D eigenvalue weighted by Crippen LogP contribution is -2.55. The molecule has 184 valence electrons. The van der Waals surface area contributed by atoms with Gasteiger partial charge in [-0.25, -0.2) is 4.98 Å². The summed E-state index contributed by atoms with van der Waals surface area (Å²) in [4.78, 5) is 23.1. The van der Waals surface area contributed by atoms with Crippen molar-refractivity contribution >= 4 is 23.2 Å². The van der Waals surface area contributed by atoms with Crippen molar-refractivity contribution in [3.63, 3.8) is 0 Å². The second-order valence-electron chi connectivity index (χ2n) is 10.3. The standard InChI is InChI=1S/C30H31ClN4O/c1-20-6-7-21(2)23(15-20)16-29(36)35-25-12-13-26(35)18-33(17-25)19-27-30(22-8-10-24(31)11-9-22)32-28-5-3-4-14-34(27)28/h3-11,14-15,25-26H,12-13,16-19H2,1-2H3. The summed E-state index contributed by atoms with van der Waals surface area (Å²) >= 11 is 6.15. The van der Waals surface area contributed by atoms with E-state index >= 15 is 0 Å². The fourth-order valence-electron chi connectivity index (χ4n) is 6.02. The van der Waals surface area contributed by atoms with Crippen LogP contribution in [0.15, 0.2) is 66.9 Å². The number of hydrogen-bond donors (Lipinski definition) is 0. The average molecular weight is 499 g/mol. The average Bonchev–Trinajstić information content (AvgIpc) is 3.36. The molecule has 2 aromatic carbocycles. The largest absolute Gasteiger partial charge is 0.334 e. The number of aryl methyl sites for hydroxylation is 2. The number of benzene rings is 2. The topological polar surface area (TPSA) is 40.9 Å². The Kier molecular flexibility index (Phi) is 6.06. The van der Waals surface area contributed by atoms with Crippen LogP contribution in [0.3, 0.4) is 0 Å². The van der Waals surface area contributed by atoms with Gasteiger partial charge in [0, 0.05) is 48.5 Å². The Morgan fingerprint density at radius 1 is 1.00 bits per heavy atom. The van der Waals surface area contributed by atoms with E-state index in [1.54, 1.807) is 0 Å². The van der Waals surface area contributed by atoms with Gasteiger partial charge in [-0.15, -0.1) is 0 Å². The molecule has 2 aromatic heterocycles. The lowest BCUT2D eigenvalue weighted by molar-refractivity contribution is -0.136. The number of rotatable bonds is 5. The highest BCUT2D eigenvalue weighted by Gasteiger charge is 2.42. The summed E-state index contributed by atoms with van der Waals surface area (Å²) in [5, 5.41) is 0.724. The molecule has 4 heterocycles. The molecule has 6 rings (SSSR count). The van der Waals surface area contributed by atoms with E-state index in [2.05, 4.69) is 64.6 Å². The fourth-order valence-corrected chi connectivity index (χ4v) is 6.15. The quantitative estimate of drug-likeness (QED) is 0.355. The maximum absolute atomic E-state index is 13.4. The van der Waals surface area contributed by atoms with Crippen LogP contribution in [0.2, 0.25) is 5.02 Å². The molecule has 0 spiro atoms. The monoisotopic (exact) mass is 498 g/mol. The minimum absolute atomic E-state index is 0.271. The number of aromatic nitrogens is 2. The highest BCUT2D eigenvalue weighted by atomic mass is 35.5. The van der Waals surface area contributed by atoms with Crippen molar-refractivity contribution in [2.24, 2.45) is 0 Å². The third-order valence-corrected chi connectivity index (χ3v) is 8.06. The van der Waals surface area contributed by atoms with Gasteiger partial charge in [-0.05, 0) is 62.1 Å². The predicted molar refractivity (Wildman–Crippen MR) is 144 cm³/mol. The number of fused-ring (bicyclic) bond motifs is 3. The van der Waals surface area contributed by atoms with E-state index < -0.39 is 0 Å². The zero-order valence-electron chi connectivity index (χ0n) is 20.8. The van der Waals surface area contributed by atoms with E-state index in [1.807, 2.05) is 30.3 Å². The molecule has 2 saturated heterocycles. The molecule has 5 nitrogen and oxygen atoms in total. The highest BCUT2D eigenvalue weighted by molar-refractivity contribution is 6.30. The normalized spacial score (nSPS) is 19.8. The van der Waals surface area contributed by atoms with Gasteiger partial charge in [0.1, 0.15) is 5.65 Å². The Bertz CT molecular complexity index is 1410. The molecule has 2 unspecified atom stereocenters. The molecule has 0 radical (unpaired) electrons. The second kappa shape index (κ2) is 9.38. The number of piperazine rings is 1. The van der Waals surface area contributed by atoms with Gasteiger partial charge in [-0.1, -0.05) is 53.6 Å². The van der Waals surface area contributed by atoms with Crippen molar-refractivity contribution in [2.45, 2.75) is 51.7 Å². The molecule has 0 aliphatic carbocycles. The summed E-state index contributed by atoms with van der Waals surface area (Å²) in [7, 11) is 0. The van der Waals surface area contributed by atoms with E-state index in [0.717, 1.165) is 60.0 Å². The van der Waals surface area contributed by atoms with Gasteiger partial charge in [0.25, 0.3) is 0 Å². The molecule has 0 N–H and O–H groups in total. The van der Waals surface area contributed by atoms with Gasteiger partial charge in [0.2, 0.25) is 5.91 Å². The third kappa shape index (κ3) is 4.31. The van der Waals surface area contributed by atoms with Gasteiger partial charge < -0.3 is 9.30 Å². The van der Waals surface area contributed by atoms with Gasteiger partial charge in [0.05, 0.1) is 17.8 Å². The summed E-state index contributed by atoms with van der Waals surface area (Å²) in [6.45, 7) is 6.79. The summed E-state index contributed by atoms with van der Waals surface area (Å²) in [6.07, 6.45) is 4.75. The zero-order chi connectivity index (χ0) is 24.8. The van der Waals surface area contributed by atoms with Crippen LogP contribution in [-0.2, 0) is 17.8 Å². The van der Waals surface area contributed by atoms with E-state index in [9.17, 15) is 4.79 Å². The summed E-state index contributed by atoms with van der Waals surface area (Å²) in [5.74, 6) is 0.271. The maximum atomic E-state index is 13.4. The first-order chi connectivity index (χ1) is 17.5. The van der Waals surface area contributed by atoms with E-state index in [1.165, 1.54) is 16.8 Å². The highest BCUT2D eigenvalue weighted by Crippen LogP contribution is 2.33. The number of carbonyl (C=O) groups is 1. The van der Waals surface area contributed by atoms with Gasteiger partial charge in [-0.2, -0.15) is 0 Å². The van der Waals surface area contributed by atoms with Gasteiger partial charge >= 0.3 is 0 Å². The van der Waals surface area contributed by atoms with E-state index in [4.69, 9.17) is 16.6 Å². The van der Waals surface area contributed by atoms with Gasteiger partial charge in [-0.3, -0.25) is 9.69 Å². The molecule has 36 heavy (non-hydrogen) atoms. The van der Waals surface area contributed by atoms with Gasteiger partial charge in [0.15, 0.2) is 0 Å². The summed E-state index contributed by atoms with van der Waals surface area (Å²) in [6, 6.07) is 21.0. The van der Waals surface area contributed by atoms with Crippen molar-refractivity contribution in [1.82, 2.24) is 19.2 Å². The molecule has 0 saturated carbocycles. The van der Waals surface area contributed by atoms with Crippen LogP contribution in [0, 0.1) is 13.8 Å². The number of hydrogen-bond acceptors (Lipinski definition) is 3. The number of imidazole rings is 1. The molecule has 2 fully saturated rings. The van der Waals surface area contributed by atoms with Crippen molar-refractivity contribution < 1.29 is 4.79 Å². The van der Waals surface area contributed by atoms with Crippen LogP contribution in [0.1, 0.15) is 35.2 Å². The maximum Gasteiger partial charge on any atom is 0.227 e. The van der Waals surface area contributed by atoms with Crippen LogP contribution in [0.5, 0.6) is 0 Å². The first-order valence-corrected chi connectivity index (χ1v) is 13.2. The SMILES string of the molecule is Cc1ccc(C)c(CC(=O)N2C3CCC2CN(Cc2c(-c4ccc(Cl)cc4)nc4ccccn24)C3)c1. The number of carbonyl (C=O) groups excluding carboxylic acids is 1. The molecule has 2 bridgehead atoms. The third-order valence-electron chi connectivity index (χ3n) is 7.81. The van der Waals surface area contributed by atoms with Crippen LogP contribution in [-0.4, -0.2) is 50.3 Å². The number of nitrogens with zero attached hydrogens (tertiary/aromatic N) is 4. The summed E-state index contributed by atoms with van der Waals surface area (Å²) < 4.78 is 2.20. The van der Waals surface area contributed by atoms with E-state index in [0.29, 0.717) is 6.42 Å². The smallest absolute Gasteiger partial charge is 0.227 e. The molecule has 2 atom stereocenters. The Labute approximate surface area is 217 Å². The molecule has 6 heteroatoms. The molecular weight excluding hydrogens is 468 g/mol. The summed E-state index contributed by atoms with van der Waals surface area (Å²) in [5.41, 5.74) is 7.76. The van der Waals surface area contributed by atoms with Crippen LogP contribution >= 0.6 is 11.6 Å². The Balaban J connectivity index is 1.23. The lowest BCUT2D eigenvalue weighted by atomic mass is 10.0. The molecular formula is C30H31ClN4O. The minimum atomic E-state index is 0.271. The number of likely N-dealkylation sites (tertiary alicyclic amines) is 1. The predicted octanol–water partition coefficient (Wildman–Crippen LogP) is 5.69. The number of halogens is 1. The Morgan fingerprint density at radius 3 is 2.50 bits per heavy atom. The molecule has 2 aliphatic heterocycles. The zero-order valence-corrected chi connectivity index (χ0v) is 21.6. The Morgan fingerprint density at radius 2 is 1.75 bits per heavy atom. The fraction of sp³-hybridized carbons (Fsp3) is 0.333. The van der Waals surface area contributed by atoms with Crippen LogP contribution in [0.25, 0.3) is 16.9 Å². The van der Waals surface area contributed by atoms with Crippen molar-refractivity contribution in [2.75, 3.05) is 13.1 Å². The first-order valence-electron chi connectivity index (χ1n) is 12.8. The van der Waals surface area contributed by atoms with Crippen molar-refractivity contribution in [1.29, 1.82) is 0 Å². The first kappa shape index (κ1) is 23.3. The lowest BCUT2D eigenvalue weighted by Gasteiger charge is -2.41. The molecule has 1 amide bonds. The van der Waals surface area contributed by atoms with Crippen molar-refractivity contribution in [3.8, 4) is 11.3 Å². The number of amides is 1. The second-order valence-corrected chi connectivity index (χ2v) is 10.8. The van der Waals surface area contributed by atoms with Crippen LogP contribution in [0.4, 0.5) is 0 Å². The number of pyridine rings is 1. The molecule has 4 aromatic rings. The Hall–Kier alpha value is -3.15. The van der Waals surface area contributed by atoms with E-state index in [-0.39, 0.29) is 18.0 Å². The van der Waals surface area contributed by atoms with Crippen molar-refractivity contribution in [3.05, 3.63) is 94.3 Å².